The van der Waals surface area contributed by atoms with Crippen LogP contribution in [0.4, 0.5) is 0 Å². The smallest absolute Gasteiger partial charge is 0.224 e. The van der Waals surface area contributed by atoms with Gasteiger partial charge in [-0.15, -0.1) is 17.9 Å². The predicted octanol–water partition coefficient (Wildman–Crippen LogP) is 3.65. The summed E-state index contributed by atoms with van der Waals surface area (Å²) in [5.74, 6) is 0.247. The molecule has 0 spiro atoms. The van der Waals surface area contributed by atoms with Crippen molar-refractivity contribution in [3.63, 3.8) is 0 Å². The lowest BCUT2D eigenvalue weighted by Crippen LogP contribution is -2.35. The van der Waals surface area contributed by atoms with Gasteiger partial charge in [0.1, 0.15) is 0 Å². The normalized spacial score (nSPS) is 21.3. The highest BCUT2D eigenvalue weighted by Crippen LogP contribution is 2.38. The van der Waals surface area contributed by atoms with E-state index >= 15 is 0 Å². The van der Waals surface area contributed by atoms with Crippen LogP contribution < -0.4 is 5.32 Å². The Morgan fingerprint density at radius 3 is 3.00 bits per heavy atom. The van der Waals surface area contributed by atoms with Crippen LogP contribution in [0.3, 0.4) is 0 Å². The predicted molar refractivity (Wildman–Crippen MR) is 87.4 cm³/mol. The molecule has 1 amide bonds. The zero-order valence-electron chi connectivity index (χ0n) is 11.8. The number of hydrogen-bond donors (Lipinski definition) is 1. The minimum absolute atomic E-state index is 0.0319. The molecule has 1 N–H and O–H groups in total. The molecule has 0 fully saturated rings. The third-order valence-electron chi connectivity index (χ3n) is 3.82. The number of carbonyl (C=O) groups is 1. The van der Waals surface area contributed by atoms with E-state index < -0.39 is 0 Å². The Kier molecular flexibility index (Phi) is 4.15. The number of hydrogen-bond acceptors (Lipinski definition) is 3. The van der Waals surface area contributed by atoms with E-state index in [1.54, 1.807) is 17.4 Å². The number of allylic oxidation sites excluding steroid dienone is 2. The van der Waals surface area contributed by atoms with E-state index in [2.05, 4.69) is 30.1 Å². The number of nitrogens with one attached hydrogen (secondary N) is 1. The van der Waals surface area contributed by atoms with Gasteiger partial charge in [0.15, 0.2) is 0 Å². The minimum Gasteiger partial charge on any atom is -0.352 e. The van der Waals surface area contributed by atoms with Gasteiger partial charge >= 0.3 is 0 Å². The number of amides is 1. The van der Waals surface area contributed by atoms with Crippen molar-refractivity contribution in [2.75, 3.05) is 6.54 Å². The van der Waals surface area contributed by atoms with Crippen LogP contribution in [-0.4, -0.2) is 17.4 Å². The summed E-state index contributed by atoms with van der Waals surface area (Å²) < 4.78 is 1.19. The number of nitrogens with zero attached hydrogens (tertiary/aromatic N) is 1. The van der Waals surface area contributed by atoms with Crippen LogP contribution in [-0.2, 0) is 4.79 Å². The van der Waals surface area contributed by atoms with Gasteiger partial charge in [0.05, 0.1) is 21.1 Å². The molecule has 1 aliphatic carbocycles. The van der Waals surface area contributed by atoms with Crippen molar-refractivity contribution in [2.45, 2.75) is 18.8 Å². The number of para-hydroxylation sites is 1. The summed E-state index contributed by atoms with van der Waals surface area (Å²) in [6.07, 6.45) is 7.63. The fraction of sp³-hybridized carbons (Fsp3) is 0.294. The molecule has 3 nitrogen and oxygen atoms in total. The first-order chi connectivity index (χ1) is 10.3. The largest absolute Gasteiger partial charge is 0.352 e. The Morgan fingerprint density at radius 2 is 2.19 bits per heavy atom. The van der Waals surface area contributed by atoms with Crippen LogP contribution in [0.1, 0.15) is 23.8 Å². The number of aromatic nitrogens is 1. The SMILES string of the molecule is C=CCNC(=O)[C@H]1CC=CC[C@H]1c1nc2ccccc2s1. The molecule has 1 aromatic carbocycles. The van der Waals surface area contributed by atoms with Gasteiger partial charge in [-0.25, -0.2) is 4.98 Å². The average molecular weight is 298 g/mol. The van der Waals surface area contributed by atoms with E-state index in [-0.39, 0.29) is 17.7 Å². The number of rotatable bonds is 4. The quantitative estimate of drug-likeness (QED) is 0.875. The Labute approximate surface area is 128 Å². The van der Waals surface area contributed by atoms with Gasteiger partial charge in [-0.05, 0) is 25.0 Å². The third-order valence-corrected chi connectivity index (χ3v) is 4.99. The number of fused-ring (bicyclic) bond motifs is 1. The van der Waals surface area contributed by atoms with Crippen molar-refractivity contribution in [2.24, 2.45) is 5.92 Å². The van der Waals surface area contributed by atoms with Crippen LogP contribution in [0.15, 0.2) is 49.1 Å². The number of carbonyl (C=O) groups excluding carboxylic acids is 1. The van der Waals surface area contributed by atoms with Gasteiger partial charge in [0.25, 0.3) is 0 Å². The van der Waals surface area contributed by atoms with Crippen molar-refractivity contribution in [3.05, 3.63) is 54.1 Å². The van der Waals surface area contributed by atoms with Gasteiger partial charge in [0, 0.05) is 12.5 Å². The lowest BCUT2D eigenvalue weighted by atomic mass is 9.82. The molecular weight excluding hydrogens is 280 g/mol. The maximum absolute atomic E-state index is 12.3. The Bertz CT molecular complexity index is 656. The van der Waals surface area contributed by atoms with E-state index in [4.69, 9.17) is 4.98 Å². The van der Waals surface area contributed by atoms with Crippen LogP contribution >= 0.6 is 11.3 Å². The highest BCUT2D eigenvalue weighted by atomic mass is 32.1. The molecule has 0 radical (unpaired) electrons. The maximum Gasteiger partial charge on any atom is 0.224 e. The summed E-state index contributed by atoms with van der Waals surface area (Å²) in [7, 11) is 0. The van der Waals surface area contributed by atoms with Crippen molar-refractivity contribution < 1.29 is 4.79 Å². The molecule has 0 unspecified atom stereocenters. The van der Waals surface area contributed by atoms with Gasteiger partial charge in [-0.2, -0.15) is 0 Å². The summed E-state index contributed by atoms with van der Waals surface area (Å²) in [5.41, 5.74) is 1.03. The van der Waals surface area contributed by atoms with Crippen molar-refractivity contribution in [3.8, 4) is 0 Å². The van der Waals surface area contributed by atoms with Crippen LogP contribution in [0.5, 0.6) is 0 Å². The van der Waals surface area contributed by atoms with Gasteiger partial charge in [0.2, 0.25) is 5.91 Å². The zero-order chi connectivity index (χ0) is 14.7. The number of benzene rings is 1. The molecule has 2 aromatic rings. The van der Waals surface area contributed by atoms with Crippen LogP contribution in [0.25, 0.3) is 10.2 Å². The first kappa shape index (κ1) is 14.0. The number of thiazole rings is 1. The summed E-state index contributed by atoms with van der Waals surface area (Å²) in [6, 6.07) is 8.14. The second-order valence-corrected chi connectivity index (χ2v) is 6.27. The molecule has 0 bridgehead atoms. The van der Waals surface area contributed by atoms with E-state index in [0.717, 1.165) is 23.4 Å². The maximum atomic E-state index is 12.3. The summed E-state index contributed by atoms with van der Waals surface area (Å²) in [4.78, 5) is 17.1. The molecule has 0 aliphatic heterocycles. The fourth-order valence-electron chi connectivity index (χ4n) is 2.73. The van der Waals surface area contributed by atoms with E-state index in [0.29, 0.717) is 6.54 Å². The molecule has 2 atom stereocenters. The Morgan fingerprint density at radius 1 is 1.38 bits per heavy atom. The molecule has 1 heterocycles. The molecule has 21 heavy (non-hydrogen) atoms. The van der Waals surface area contributed by atoms with Crippen molar-refractivity contribution in [1.29, 1.82) is 0 Å². The average Bonchev–Trinajstić information content (AvgIpc) is 2.96. The summed E-state index contributed by atoms with van der Waals surface area (Å²) >= 11 is 1.70. The molecule has 4 heteroatoms. The molecule has 0 saturated carbocycles. The van der Waals surface area contributed by atoms with Crippen LogP contribution in [0, 0.1) is 5.92 Å². The van der Waals surface area contributed by atoms with Crippen LogP contribution in [0.2, 0.25) is 0 Å². The molecular formula is C17H18N2OS. The van der Waals surface area contributed by atoms with Crippen molar-refractivity contribution in [1.82, 2.24) is 10.3 Å². The third kappa shape index (κ3) is 2.90. The zero-order valence-corrected chi connectivity index (χ0v) is 12.6. The molecule has 1 aromatic heterocycles. The van der Waals surface area contributed by atoms with E-state index in [1.807, 2.05) is 18.2 Å². The minimum atomic E-state index is -0.0319. The Hall–Kier alpha value is -1.94. The molecule has 0 saturated heterocycles. The lowest BCUT2D eigenvalue weighted by Gasteiger charge is -2.25. The second-order valence-electron chi connectivity index (χ2n) is 5.21. The lowest BCUT2D eigenvalue weighted by molar-refractivity contribution is -0.125. The van der Waals surface area contributed by atoms with E-state index in [9.17, 15) is 4.79 Å². The fourth-order valence-corrected chi connectivity index (χ4v) is 3.88. The summed E-state index contributed by atoms with van der Waals surface area (Å²) in [6.45, 7) is 4.16. The first-order valence-electron chi connectivity index (χ1n) is 7.18. The molecule has 1 aliphatic rings. The summed E-state index contributed by atoms with van der Waals surface area (Å²) in [5, 5.41) is 3.99. The van der Waals surface area contributed by atoms with Gasteiger partial charge in [-0.3, -0.25) is 4.79 Å². The Balaban J connectivity index is 1.88. The molecule has 3 rings (SSSR count). The monoisotopic (exact) mass is 298 g/mol. The highest BCUT2D eigenvalue weighted by Gasteiger charge is 2.31. The molecule has 108 valence electrons. The van der Waals surface area contributed by atoms with E-state index in [1.165, 1.54) is 4.70 Å². The first-order valence-corrected chi connectivity index (χ1v) is 8.00. The topological polar surface area (TPSA) is 42.0 Å². The van der Waals surface area contributed by atoms with Crippen molar-refractivity contribution >= 4 is 27.5 Å². The highest BCUT2D eigenvalue weighted by molar-refractivity contribution is 7.18. The van der Waals surface area contributed by atoms with Gasteiger partial charge in [-0.1, -0.05) is 30.4 Å². The second kappa shape index (κ2) is 6.22. The standard InChI is InChI=1S/C17H18N2OS/c1-2-11-18-16(20)12-7-3-4-8-13(12)17-19-14-9-5-6-10-15(14)21-17/h2-6,9-10,12-13H,1,7-8,11H2,(H,18,20)/t12-,13+/m0/s1. The van der Waals surface area contributed by atoms with Gasteiger partial charge < -0.3 is 5.32 Å².